The molecule has 0 bridgehead atoms. The van der Waals surface area contributed by atoms with Crippen LogP contribution >= 0.6 is 0 Å². The molecule has 1 N–H and O–H groups in total. The first kappa shape index (κ1) is 12.8. The van der Waals surface area contributed by atoms with Crippen molar-refractivity contribution >= 4 is 11.4 Å². The van der Waals surface area contributed by atoms with E-state index in [0.29, 0.717) is 6.04 Å². The molecule has 0 radical (unpaired) electrons. The number of hydrogen-bond acceptors (Lipinski definition) is 3. The second-order valence-electron chi connectivity index (χ2n) is 5.18. The first-order valence-corrected chi connectivity index (χ1v) is 6.65. The van der Waals surface area contributed by atoms with Crippen LogP contribution in [0.3, 0.4) is 0 Å². The molecular formula is C15H21N3. The van der Waals surface area contributed by atoms with Crippen molar-refractivity contribution in [3.8, 4) is 6.07 Å². The number of hydrogen-bond donors (Lipinski definition) is 1. The van der Waals surface area contributed by atoms with Crippen LogP contribution in [0.1, 0.15) is 25.7 Å². The quantitative estimate of drug-likeness (QED) is 0.885. The summed E-state index contributed by atoms with van der Waals surface area (Å²) < 4.78 is 0. The highest BCUT2D eigenvalue weighted by Crippen LogP contribution is 2.30. The average Bonchev–Trinajstić information content (AvgIpc) is 2.40. The van der Waals surface area contributed by atoms with Gasteiger partial charge in [0.2, 0.25) is 0 Å². The summed E-state index contributed by atoms with van der Waals surface area (Å²) in [6.07, 6.45) is 4.53. The molecule has 0 spiro atoms. The summed E-state index contributed by atoms with van der Waals surface area (Å²) in [7, 11) is 4.09. The summed E-state index contributed by atoms with van der Waals surface area (Å²) in [4.78, 5) is 2.10. The highest BCUT2D eigenvalue weighted by Gasteiger charge is 2.25. The van der Waals surface area contributed by atoms with Crippen LogP contribution < -0.4 is 10.2 Å². The molecule has 2 rings (SSSR count). The molecule has 0 saturated heterocycles. The molecule has 1 aromatic rings. The lowest BCUT2D eigenvalue weighted by Crippen LogP contribution is -2.31. The average molecular weight is 243 g/mol. The summed E-state index contributed by atoms with van der Waals surface area (Å²) in [5.74, 6) is 0.147. The maximum absolute atomic E-state index is 9.22. The zero-order valence-corrected chi connectivity index (χ0v) is 11.2. The molecule has 1 fully saturated rings. The number of rotatable bonds is 3. The van der Waals surface area contributed by atoms with Crippen LogP contribution in [0.4, 0.5) is 11.4 Å². The van der Waals surface area contributed by atoms with Gasteiger partial charge in [-0.05, 0) is 25.0 Å². The lowest BCUT2D eigenvalue weighted by Gasteiger charge is -2.30. The van der Waals surface area contributed by atoms with E-state index < -0.39 is 0 Å². The molecule has 3 nitrogen and oxygen atoms in total. The molecule has 1 saturated carbocycles. The van der Waals surface area contributed by atoms with E-state index in [4.69, 9.17) is 0 Å². The van der Waals surface area contributed by atoms with Crippen molar-refractivity contribution in [1.82, 2.24) is 0 Å². The van der Waals surface area contributed by atoms with Gasteiger partial charge in [0.25, 0.3) is 0 Å². The van der Waals surface area contributed by atoms with E-state index >= 15 is 0 Å². The van der Waals surface area contributed by atoms with Gasteiger partial charge < -0.3 is 10.2 Å². The highest BCUT2D eigenvalue weighted by molar-refractivity contribution is 5.69. The fraction of sp³-hybridized carbons (Fsp3) is 0.533. The third-order valence-electron chi connectivity index (χ3n) is 3.66. The van der Waals surface area contributed by atoms with Gasteiger partial charge in [-0.3, -0.25) is 0 Å². The Morgan fingerprint density at radius 2 is 1.94 bits per heavy atom. The number of nitrogens with zero attached hydrogens (tertiary/aromatic N) is 2. The topological polar surface area (TPSA) is 39.1 Å². The van der Waals surface area contributed by atoms with Gasteiger partial charge >= 0.3 is 0 Å². The van der Waals surface area contributed by atoms with Crippen molar-refractivity contribution in [2.45, 2.75) is 31.7 Å². The molecule has 0 amide bonds. The molecule has 0 heterocycles. The second-order valence-corrected chi connectivity index (χ2v) is 5.18. The van der Waals surface area contributed by atoms with Crippen LogP contribution in [0.15, 0.2) is 24.3 Å². The van der Waals surface area contributed by atoms with Gasteiger partial charge in [0, 0.05) is 20.1 Å². The Hall–Kier alpha value is -1.69. The first-order chi connectivity index (χ1) is 8.72. The summed E-state index contributed by atoms with van der Waals surface area (Å²) in [6, 6.07) is 11.0. The molecule has 0 aromatic heterocycles. The van der Waals surface area contributed by atoms with Crippen LogP contribution in [0.5, 0.6) is 0 Å². The Balaban J connectivity index is 2.15. The van der Waals surface area contributed by atoms with Gasteiger partial charge in [-0.2, -0.15) is 5.26 Å². The van der Waals surface area contributed by atoms with Gasteiger partial charge in [-0.1, -0.05) is 25.0 Å². The van der Waals surface area contributed by atoms with Gasteiger partial charge in [0.05, 0.1) is 23.4 Å². The number of benzene rings is 1. The fourth-order valence-electron chi connectivity index (χ4n) is 2.64. The molecule has 0 aliphatic heterocycles. The van der Waals surface area contributed by atoms with Crippen LogP contribution in [0.2, 0.25) is 0 Å². The van der Waals surface area contributed by atoms with Gasteiger partial charge in [0.1, 0.15) is 0 Å². The van der Waals surface area contributed by atoms with Crippen LogP contribution in [-0.4, -0.2) is 20.1 Å². The third kappa shape index (κ3) is 2.76. The van der Waals surface area contributed by atoms with E-state index in [1.165, 1.54) is 18.5 Å². The molecule has 2 atom stereocenters. The number of nitriles is 1. The summed E-state index contributed by atoms with van der Waals surface area (Å²) >= 11 is 0. The predicted molar refractivity (Wildman–Crippen MR) is 75.8 cm³/mol. The summed E-state index contributed by atoms with van der Waals surface area (Å²) in [5.41, 5.74) is 2.31. The van der Waals surface area contributed by atoms with Crippen molar-refractivity contribution in [3.63, 3.8) is 0 Å². The van der Waals surface area contributed by atoms with Crippen LogP contribution in [-0.2, 0) is 0 Å². The molecule has 1 aliphatic rings. The van der Waals surface area contributed by atoms with Crippen molar-refractivity contribution in [2.24, 2.45) is 5.92 Å². The van der Waals surface area contributed by atoms with Gasteiger partial charge in [0.15, 0.2) is 0 Å². The smallest absolute Gasteiger partial charge is 0.0677 e. The molecule has 3 heteroatoms. The summed E-state index contributed by atoms with van der Waals surface area (Å²) in [5, 5.41) is 12.8. The van der Waals surface area contributed by atoms with Gasteiger partial charge in [-0.15, -0.1) is 0 Å². The minimum Gasteiger partial charge on any atom is -0.379 e. The van der Waals surface area contributed by atoms with Crippen molar-refractivity contribution in [1.29, 1.82) is 5.26 Å². The Bertz CT molecular complexity index is 434. The minimum atomic E-state index is 0.147. The van der Waals surface area contributed by atoms with Gasteiger partial charge in [-0.25, -0.2) is 0 Å². The number of anilines is 2. The molecule has 18 heavy (non-hydrogen) atoms. The highest BCUT2D eigenvalue weighted by atomic mass is 15.1. The monoisotopic (exact) mass is 243 g/mol. The minimum absolute atomic E-state index is 0.147. The maximum atomic E-state index is 9.22. The van der Waals surface area contributed by atoms with Crippen molar-refractivity contribution < 1.29 is 0 Å². The SMILES string of the molecule is CN(C)c1ccccc1NC1CCCCC1C#N. The van der Waals surface area contributed by atoms with Crippen molar-refractivity contribution in [2.75, 3.05) is 24.3 Å². The number of nitrogens with one attached hydrogen (secondary N) is 1. The van der Waals surface area contributed by atoms with Crippen LogP contribution in [0, 0.1) is 17.2 Å². The Morgan fingerprint density at radius 3 is 2.67 bits per heavy atom. The first-order valence-electron chi connectivity index (χ1n) is 6.65. The zero-order chi connectivity index (χ0) is 13.0. The third-order valence-corrected chi connectivity index (χ3v) is 3.66. The predicted octanol–water partition coefficient (Wildman–Crippen LogP) is 3.25. The number of para-hydroxylation sites is 2. The van der Waals surface area contributed by atoms with E-state index in [9.17, 15) is 5.26 Å². The molecule has 96 valence electrons. The molecule has 1 aliphatic carbocycles. The Kier molecular flexibility index (Phi) is 4.09. The Morgan fingerprint density at radius 1 is 1.22 bits per heavy atom. The van der Waals surface area contributed by atoms with E-state index in [1.807, 2.05) is 26.2 Å². The van der Waals surface area contributed by atoms with Crippen LogP contribution in [0.25, 0.3) is 0 Å². The van der Waals surface area contributed by atoms with E-state index in [2.05, 4.69) is 28.4 Å². The molecule has 1 aromatic carbocycles. The standard InChI is InChI=1S/C15H21N3/c1-18(2)15-10-6-5-9-14(15)17-13-8-4-3-7-12(13)11-16/h5-6,9-10,12-13,17H,3-4,7-8H2,1-2H3. The fourth-order valence-corrected chi connectivity index (χ4v) is 2.64. The van der Waals surface area contributed by atoms with Crippen molar-refractivity contribution in [3.05, 3.63) is 24.3 Å². The lowest BCUT2D eigenvalue weighted by molar-refractivity contribution is 0.389. The molecule has 2 unspecified atom stereocenters. The Labute approximate surface area is 109 Å². The molecular weight excluding hydrogens is 222 g/mol. The second kappa shape index (κ2) is 5.77. The largest absolute Gasteiger partial charge is 0.379 e. The lowest BCUT2D eigenvalue weighted by atomic mass is 9.85. The maximum Gasteiger partial charge on any atom is 0.0677 e. The zero-order valence-electron chi connectivity index (χ0n) is 11.2. The van der Waals surface area contributed by atoms with E-state index in [-0.39, 0.29) is 5.92 Å². The summed E-state index contributed by atoms with van der Waals surface area (Å²) in [6.45, 7) is 0. The normalized spacial score (nSPS) is 23.2. The van der Waals surface area contributed by atoms with E-state index in [0.717, 1.165) is 18.5 Å². The van der Waals surface area contributed by atoms with E-state index in [1.54, 1.807) is 0 Å².